The van der Waals surface area contributed by atoms with Crippen molar-refractivity contribution in [2.45, 2.75) is 18.8 Å². The number of likely N-dealkylation sites (tertiary alicyclic amines) is 1. The van der Waals surface area contributed by atoms with Crippen LogP contribution in [0.3, 0.4) is 0 Å². The third-order valence-electron chi connectivity index (χ3n) is 5.32. The number of fused-ring (bicyclic) bond motifs is 1. The van der Waals surface area contributed by atoms with Crippen LogP contribution in [-0.4, -0.2) is 47.3 Å². The van der Waals surface area contributed by atoms with E-state index < -0.39 is 0 Å². The van der Waals surface area contributed by atoms with Crippen LogP contribution in [0.2, 0.25) is 0 Å². The quantitative estimate of drug-likeness (QED) is 0.806. The number of nitrogens with zero attached hydrogens (tertiary/aromatic N) is 4. The lowest BCUT2D eigenvalue weighted by Crippen LogP contribution is -2.44. The molecule has 2 aliphatic rings. The molecule has 2 fully saturated rings. The van der Waals surface area contributed by atoms with Crippen molar-refractivity contribution in [1.29, 1.82) is 0 Å². The average Bonchev–Trinajstić information content (AvgIpc) is 2.61. The first-order valence-corrected chi connectivity index (χ1v) is 8.84. The normalized spacial score (nSPS) is 21.8. The molecular weight excluding hydrogens is 316 g/mol. The molecule has 6 heteroatoms. The number of hydrogen-bond donors (Lipinski definition) is 0. The molecule has 2 saturated heterocycles. The number of ether oxygens (including phenoxy) is 1. The van der Waals surface area contributed by atoms with Gasteiger partial charge in [-0.1, -0.05) is 6.07 Å². The predicted molar refractivity (Wildman–Crippen MR) is 96.0 cm³/mol. The van der Waals surface area contributed by atoms with Crippen molar-refractivity contribution in [3.05, 3.63) is 45.8 Å². The largest absolute Gasteiger partial charge is 0.381 e. The van der Waals surface area contributed by atoms with E-state index in [1.165, 1.54) is 0 Å². The van der Waals surface area contributed by atoms with Crippen molar-refractivity contribution >= 4 is 16.6 Å². The lowest BCUT2D eigenvalue weighted by Gasteiger charge is -2.37. The van der Waals surface area contributed by atoms with Gasteiger partial charge in [-0.2, -0.15) is 0 Å². The molecule has 0 saturated carbocycles. The van der Waals surface area contributed by atoms with Gasteiger partial charge >= 0.3 is 0 Å². The highest BCUT2D eigenvalue weighted by Gasteiger charge is 2.28. The van der Waals surface area contributed by atoms with Gasteiger partial charge in [0.25, 0.3) is 5.56 Å². The minimum Gasteiger partial charge on any atom is -0.381 e. The molecule has 0 amide bonds. The smallest absolute Gasteiger partial charge is 0.259 e. The first-order chi connectivity index (χ1) is 12.2. The number of rotatable bonds is 3. The fraction of sp³-hybridized carbons (Fsp3) is 0.526. The lowest BCUT2D eigenvalue weighted by molar-refractivity contribution is -0.0492. The molecular formula is C19H22N4O2. The van der Waals surface area contributed by atoms with Crippen LogP contribution in [0, 0.1) is 12.5 Å². The molecule has 0 N–H and O–H groups in total. The van der Waals surface area contributed by atoms with Crippen LogP contribution in [0.25, 0.3) is 15.7 Å². The third-order valence-corrected chi connectivity index (χ3v) is 5.32. The minimum absolute atomic E-state index is 0.0602. The van der Waals surface area contributed by atoms with E-state index in [9.17, 15) is 4.79 Å². The Bertz CT molecular complexity index is 895. The minimum atomic E-state index is -0.0602. The second-order valence-electron chi connectivity index (χ2n) is 7.15. The zero-order valence-corrected chi connectivity index (χ0v) is 14.4. The van der Waals surface area contributed by atoms with Crippen molar-refractivity contribution in [1.82, 2.24) is 14.5 Å². The van der Waals surface area contributed by atoms with Crippen LogP contribution in [-0.2, 0) is 11.8 Å². The Morgan fingerprint density at radius 1 is 1.40 bits per heavy atom. The summed E-state index contributed by atoms with van der Waals surface area (Å²) in [5.74, 6) is 1.79. The molecule has 0 radical (unpaired) electrons. The second kappa shape index (κ2) is 6.58. The van der Waals surface area contributed by atoms with E-state index in [4.69, 9.17) is 16.3 Å². The Labute approximate surface area is 146 Å². The molecule has 1 aromatic carbocycles. The van der Waals surface area contributed by atoms with Gasteiger partial charge in [0.05, 0.1) is 30.7 Å². The van der Waals surface area contributed by atoms with E-state index in [2.05, 4.69) is 9.74 Å². The molecule has 2 aliphatic heterocycles. The number of benzene rings is 1. The van der Waals surface area contributed by atoms with Crippen molar-refractivity contribution in [2.24, 2.45) is 13.0 Å². The molecule has 0 unspecified atom stereocenters. The van der Waals surface area contributed by atoms with E-state index in [-0.39, 0.29) is 11.5 Å². The maximum absolute atomic E-state index is 12.8. The Hall–Kier alpha value is -2.23. The van der Waals surface area contributed by atoms with E-state index in [1.54, 1.807) is 29.8 Å². The summed E-state index contributed by atoms with van der Waals surface area (Å²) < 4.78 is 6.96. The van der Waals surface area contributed by atoms with Gasteiger partial charge in [0.15, 0.2) is 5.69 Å². The first-order valence-electron chi connectivity index (χ1n) is 8.84. The summed E-state index contributed by atoms with van der Waals surface area (Å²) in [4.78, 5) is 23.5. The fourth-order valence-corrected chi connectivity index (χ4v) is 3.90. The van der Waals surface area contributed by atoms with Crippen molar-refractivity contribution in [3.63, 3.8) is 0 Å². The topological polar surface area (TPSA) is 51.7 Å². The highest BCUT2D eigenvalue weighted by molar-refractivity contribution is 5.81. The van der Waals surface area contributed by atoms with Crippen LogP contribution in [0.15, 0.2) is 23.0 Å². The standard InChI is InChI=1S/C19H22N4O2/c1-20-15-5-6-17-16(8-15)19(24)22(2)18(21-17)14-4-3-7-23(10-14)9-13-11-25-12-13/h5-6,8,13-14H,3-4,7,9-12H2,2H3/t14-/m1/s1. The van der Waals surface area contributed by atoms with Crippen molar-refractivity contribution < 1.29 is 4.74 Å². The van der Waals surface area contributed by atoms with Gasteiger partial charge in [-0.05, 0) is 31.5 Å². The number of piperidine rings is 1. The van der Waals surface area contributed by atoms with E-state index >= 15 is 0 Å². The Kier molecular flexibility index (Phi) is 4.28. The molecule has 0 bridgehead atoms. The maximum atomic E-state index is 12.8. The number of aromatic nitrogens is 2. The van der Waals surface area contributed by atoms with Crippen molar-refractivity contribution in [3.8, 4) is 0 Å². The molecule has 25 heavy (non-hydrogen) atoms. The highest BCUT2D eigenvalue weighted by atomic mass is 16.5. The third kappa shape index (κ3) is 3.06. The lowest BCUT2D eigenvalue weighted by atomic mass is 9.95. The molecule has 1 aromatic heterocycles. The summed E-state index contributed by atoms with van der Waals surface area (Å²) in [6.07, 6.45) is 2.19. The van der Waals surface area contributed by atoms with Gasteiger partial charge in [-0.25, -0.2) is 9.83 Å². The molecule has 0 spiro atoms. The summed E-state index contributed by atoms with van der Waals surface area (Å²) in [6, 6.07) is 5.17. The van der Waals surface area contributed by atoms with Gasteiger partial charge < -0.3 is 9.64 Å². The van der Waals surface area contributed by atoms with E-state index in [0.717, 1.165) is 51.5 Å². The summed E-state index contributed by atoms with van der Waals surface area (Å²) >= 11 is 0. The Morgan fingerprint density at radius 2 is 2.24 bits per heavy atom. The molecule has 4 rings (SSSR count). The zero-order valence-electron chi connectivity index (χ0n) is 14.4. The van der Waals surface area contributed by atoms with E-state index in [1.807, 2.05) is 0 Å². The molecule has 6 nitrogen and oxygen atoms in total. The monoisotopic (exact) mass is 338 g/mol. The molecule has 3 heterocycles. The van der Waals surface area contributed by atoms with Gasteiger partial charge in [0, 0.05) is 32.0 Å². The molecule has 1 atom stereocenters. The number of hydrogen-bond acceptors (Lipinski definition) is 4. The Morgan fingerprint density at radius 3 is 2.96 bits per heavy atom. The van der Waals surface area contributed by atoms with Gasteiger partial charge in [0.2, 0.25) is 0 Å². The van der Waals surface area contributed by atoms with Crippen LogP contribution in [0.4, 0.5) is 5.69 Å². The molecule has 130 valence electrons. The first kappa shape index (κ1) is 16.2. The molecule has 2 aromatic rings. The van der Waals surface area contributed by atoms with Crippen molar-refractivity contribution in [2.75, 3.05) is 32.8 Å². The van der Waals surface area contributed by atoms with Crippen LogP contribution >= 0.6 is 0 Å². The zero-order chi connectivity index (χ0) is 17.4. The fourth-order valence-electron chi connectivity index (χ4n) is 3.90. The summed E-state index contributed by atoms with van der Waals surface area (Å²) in [5.41, 5.74) is 1.11. The summed E-state index contributed by atoms with van der Waals surface area (Å²) in [5, 5.41) is 0.527. The highest BCUT2D eigenvalue weighted by Crippen LogP contribution is 2.27. The average molecular weight is 338 g/mol. The Balaban J connectivity index is 1.65. The van der Waals surface area contributed by atoms with Crippen LogP contribution in [0.5, 0.6) is 0 Å². The SMILES string of the molecule is [C-]#[N+]c1ccc2nc([C@@H]3CCCN(CC4COC4)C3)n(C)c(=O)c2c1. The van der Waals surface area contributed by atoms with Crippen LogP contribution in [0.1, 0.15) is 24.6 Å². The summed E-state index contributed by atoms with van der Waals surface area (Å²) in [6.45, 7) is 12.0. The van der Waals surface area contributed by atoms with E-state index in [0.29, 0.717) is 22.5 Å². The second-order valence-corrected chi connectivity index (χ2v) is 7.15. The summed E-state index contributed by atoms with van der Waals surface area (Å²) in [7, 11) is 1.80. The van der Waals surface area contributed by atoms with Crippen LogP contribution < -0.4 is 5.56 Å². The van der Waals surface area contributed by atoms with Gasteiger partial charge in [-0.15, -0.1) is 0 Å². The van der Waals surface area contributed by atoms with Gasteiger partial charge in [-0.3, -0.25) is 9.36 Å². The molecule has 0 aliphatic carbocycles. The maximum Gasteiger partial charge on any atom is 0.259 e. The van der Waals surface area contributed by atoms with Gasteiger partial charge in [0.1, 0.15) is 5.82 Å². The predicted octanol–water partition coefficient (Wildman–Crippen LogP) is 2.31.